The minimum atomic E-state index is -4.14. The molecule has 0 amide bonds. The number of nitrogens with two attached hydrogens (primary N) is 1. The minimum absolute atomic E-state index is 0.176. The Morgan fingerprint density at radius 3 is 2.73 bits per heavy atom. The molecule has 0 fully saturated rings. The van der Waals surface area contributed by atoms with Gasteiger partial charge in [0.2, 0.25) is 0 Å². The van der Waals surface area contributed by atoms with Gasteiger partial charge >= 0.3 is 6.18 Å². The SMILES string of the molecule is NCc1ccnc(NCCC(F)(F)F)c1. The van der Waals surface area contributed by atoms with Crippen LogP contribution in [0.2, 0.25) is 0 Å². The lowest BCUT2D eigenvalue weighted by molar-refractivity contribution is -0.131. The molecule has 3 nitrogen and oxygen atoms in total. The molecule has 0 radical (unpaired) electrons. The van der Waals surface area contributed by atoms with Crippen molar-refractivity contribution in [1.29, 1.82) is 0 Å². The van der Waals surface area contributed by atoms with Crippen LogP contribution in [0.25, 0.3) is 0 Å². The van der Waals surface area contributed by atoms with Gasteiger partial charge in [0, 0.05) is 19.3 Å². The number of nitrogens with one attached hydrogen (secondary N) is 1. The van der Waals surface area contributed by atoms with Crippen molar-refractivity contribution in [1.82, 2.24) is 4.98 Å². The standard InChI is InChI=1S/C9H12F3N3/c10-9(11,12)2-4-15-8-5-7(6-13)1-3-14-8/h1,3,5H,2,4,6,13H2,(H,14,15). The predicted octanol–water partition coefficient (Wildman–Crippen LogP) is 1.90. The highest BCUT2D eigenvalue weighted by molar-refractivity contribution is 5.37. The first kappa shape index (κ1) is 11.8. The van der Waals surface area contributed by atoms with E-state index in [9.17, 15) is 13.2 Å². The number of anilines is 1. The van der Waals surface area contributed by atoms with E-state index in [1.165, 1.54) is 6.20 Å². The van der Waals surface area contributed by atoms with Gasteiger partial charge in [-0.05, 0) is 17.7 Å². The maximum absolute atomic E-state index is 11.8. The molecule has 0 aliphatic heterocycles. The monoisotopic (exact) mass is 219 g/mol. The number of pyridine rings is 1. The Kier molecular flexibility index (Phi) is 3.90. The van der Waals surface area contributed by atoms with Gasteiger partial charge in [-0.2, -0.15) is 13.2 Å². The lowest BCUT2D eigenvalue weighted by Gasteiger charge is -2.08. The highest BCUT2D eigenvalue weighted by Gasteiger charge is 2.26. The maximum atomic E-state index is 11.8. The molecule has 3 N–H and O–H groups in total. The Bertz CT molecular complexity index is 312. The summed E-state index contributed by atoms with van der Waals surface area (Å²) in [6, 6.07) is 3.35. The van der Waals surface area contributed by atoms with Gasteiger partial charge in [0.15, 0.2) is 0 Å². The Balaban J connectivity index is 2.44. The molecule has 0 aliphatic rings. The summed E-state index contributed by atoms with van der Waals surface area (Å²) in [4.78, 5) is 3.87. The van der Waals surface area contributed by atoms with E-state index in [1.54, 1.807) is 12.1 Å². The molecule has 0 spiro atoms. The van der Waals surface area contributed by atoms with Crippen molar-refractivity contribution in [2.24, 2.45) is 5.73 Å². The molecule has 0 atom stereocenters. The van der Waals surface area contributed by atoms with Crippen LogP contribution >= 0.6 is 0 Å². The number of alkyl halides is 3. The number of rotatable bonds is 4. The van der Waals surface area contributed by atoms with Gasteiger partial charge in [-0.25, -0.2) is 4.98 Å². The third-order valence-electron chi connectivity index (χ3n) is 1.77. The lowest BCUT2D eigenvalue weighted by Crippen LogP contribution is -2.15. The van der Waals surface area contributed by atoms with E-state index >= 15 is 0 Å². The van der Waals surface area contributed by atoms with E-state index < -0.39 is 12.6 Å². The van der Waals surface area contributed by atoms with Crippen molar-refractivity contribution in [2.45, 2.75) is 19.1 Å². The molecule has 0 saturated carbocycles. The maximum Gasteiger partial charge on any atom is 0.390 e. The third-order valence-corrected chi connectivity index (χ3v) is 1.77. The fourth-order valence-electron chi connectivity index (χ4n) is 1.03. The summed E-state index contributed by atoms with van der Waals surface area (Å²) in [5.41, 5.74) is 6.21. The molecule has 15 heavy (non-hydrogen) atoms. The number of halogens is 3. The molecule has 0 bridgehead atoms. The topological polar surface area (TPSA) is 50.9 Å². The van der Waals surface area contributed by atoms with Crippen LogP contribution in [-0.4, -0.2) is 17.7 Å². The largest absolute Gasteiger partial charge is 0.390 e. The molecule has 1 aromatic heterocycles. The minimum Gasteiger partial charge on any atom is -0.370 e. The zero-order chi connectivity index (χ0) is 11.3. The van der Waals surface area contributed by atoms with Crippen LogP contribution in [0.4, 0.5) is 19.0 Å². The summed E-state index contributed by atoms with van der Waals surface area (Å²) in [6.45, 7) is 0.168. The fourth-order valence-corrected chi connectivity index (χ4v) is 1.03. The molecular weight excluding hydrogens is 207 g/mol. The zero-order valence-corrected chi connectivity index (χ0v) is 8.01. The normalized spacial score (nSPS) is 11.5. The van der Waals surface area contributed by atoms with Crippen molar-refractivity contribution in [3.8, 4) is 0 Å². The van der Waals surface area contributed by atoms with Crippen molar-refractivity contribution < 1.29 is 13.2 Å². The van der Waals surface area contributed by atoms with E-state index in [0.717, 1.165) is 5.56 Å². The van der Waals surface area contributed by atoms with Gasteiger partial charge in [0.25, 0.3) is 0 Å². The molecule has 0 aromatic carbocycles. The van der Waals surface area contributed by atoms with Gasteiger partial charge in [0.05, 0.1) is 6.42 Å². The molecule has 0 saturated heterocycles. The molecule has 1 rings (SSSR count). The summed E-state index contributed by atoms with van der Waals surface area (Å²) in [5, 5.41) is 2.59. The van der Waals surface area contributed by atoms with Gasteiger partial charge in [-0.3, -0.25) is 0 Å². The number of hydrogen-bond acceptors (Lipinski definition) is 3. The summed E-state index contributed by atoms with van der Waals surface area (Å²) in [7, 11) is 0. The zero-order valence-electron chi connectivity index (χ0n) is 8.01. The summed E-state index contributed by atoms with van der Waals surface area (Å²) in [6.07, 6.45) is -3.50. The summed E-state index contributed by atoms with van der Waals surface area (Å²) >= 11 is 0. The average molecular weight is 219 g/mol. The molecule has 1 heterocycles. The molecule has 6 heteroatoms. The summed E-state index contributed by atoms with van der Waals surface area (Å²) < 4.78 is 35.5. The molecule has 1 aromatic rings. The summed E-state index contributed by atoms with van der Waals surface area (Å²) in [5.74, 6) is 0.419. The first-order valence-corrected chi connectivity index (χ1v) is 4.47. The van der Waals surface area contributed by atoms with Gasteiger partial charge in [-0.15, -0.1) is 0 Å². The van der Waals surface area contributed by atoms with E-state index in [2.05, 4.69) is 10.3 Å². The second kappa shape index (κ2) is 4.97. The number of nitrogens with zero attached hydrogens (tertiary/aromatic N) is 1. The Labute approximate surface area is 85.5 Å². The first-order valence-electron chi connectivity index (χ1n) is 4.47. The highest BCUT2D eigenvalue weighted by atomic mass is 19.4. The van der Waals surface area contributed by atoms with E-state index in [1.807, 2.05) is 0 Å². The third kappa shape index (κ3) is 4.64. The Hall–Kier alpha value is -1.30. The van der Waals surface area contributed by atoms with Crippen molar-refractivity contribution in [3.63, 3.8) is 0 Å². The quantitative estimate of drug-likeness (QED) is 0.813. The Morgan fingerprint density at radius 2 is 2.13 bits per heavy atom. The van der Waals surface area contributed by atoms with Crippen LogP contribution in [0.5, 0.6) is 0 Å². The van der Waals surface area contributed by atoms with Crippen LogP contribution in [0, 0.1) is 0 Å². The first-order chi connectivity index (χ1) is 7.01. The fraction of sp³-hybridized carbons (Fsp3) is 0.444. The van der Waals surface area contributed by atoms with Crippen molar-refractivity contribution in [2.75, 3.05) is 11.9 Å². The van der Waals surface area contributed by atoms with Gasteiger partial charge < -0.3 is 11.1 Å². The molecule has 0 unspecified atom stereocenters. The van der Waals surface area contributed by atoms with Crippen molar-refractivity contribution in [3.05, 3.63) is 23.9 Å². The molecule has 84 valence electrons. The molecular formula is C9H12F3N3. The van der Waals surface area contributed by atoms with Gasteiger partial charge in [0.1, 0.15) is 5.82 Å². The van der Waals surface area contributed by atoms with Crippen molar-refractivity contribution >= 4 is 5.82 Å². The smallest absolute Gasteiger partial charge is 0.370 e. The number of aromatic nitrogens is 1. The highest BCUT2D eigenvalue weighted by Crippen LogP contribution is 2.19. The lowest BCUT2D eigenvalue weighted by atomic mass is 10.2. The second-order valence-electron chi connectivity index (χ2n) is 3.05. The molecule has 0 aliphatic carbocycles. The second-order valence-corrected chi connectivity index (χ2v) is 3.05. The van der Waals surface area contributed by atoms with Crippen LogP contribution in [0.15, 0.2) is 18.3 Å². The average Bonchev–Trinajstić information content (AvgIpc) is 2.16. The van der Waals surface area contributed by atoms with Crippen LogP contribution < -0.4 is 11.1 Å². The van der Waals surface area contributed by atoms with E-state index in [4.69, 9.17) is 5.73 Å². The van der Waals surface area contributed by atoms with Crippen LogP contribution in [0.3, 0.4) is 0 Å². The van der Waals surface area contributed by atoms with Crippen LogP contribution in [-0.2, 0) is 6.54 Å². The van der Waals surface area contributed by atoms with Crippen LogP contribution in [0.1, 0.15) is 12.0 Å². The van der Waals surface area contributed by atoms with E-state index in [0.29, 0.717) is 12.4 Å². The predicted molar refractivity (Wildman–Crippen MR) is 51.3 cm³/mol. The van der Waals surface area contributed by atoms with E-state index in [-0.39, 0.29) is 6.54 Å². The Morgan fingerprint density at radius 1 is 1.40 bits per heavy atom. The number of hydrogen-bond donors (Lipinski definition) is 2. The van der Waals surface area contributed by atoms with Gasteiger partial charge in [-0.1, -0.05) is 0 Å².